The SMILES string of the molecule is COC(=O)[C@@H](C)c1ccc(CCCCI)cc1. The van der Waals surface area contributed by atoms with Crippen molar-refractivity contribution in [3.05, 3.63) is 35.4 Å². The Balaban J connectivity index is 2.58. The molecule has 1 aromatic carbocycles. The first-order chi connectivity index (χ1) is 8.19. The second-order valence-electron chi connectivity index (χ2n) is 4.13. The highest BCUT2D eigenvalue weighted by Gasteiger charge is 2.14. The molecule has 1 rings (SSSR count). The van der Waals surface area contributed by atoms with E-state index in [4.69, 9.17) is 4.74 Å². The molecule has 1 aromatic rings. The summed E-state index contributed by atoms with van der Waals surface area (Å²) >= 11 is 2.40. The molecule has 0 aliphatic carbocycles. The standard InChI is InChI=1S/C14H19IO2/c1-11(14(16)17-2)13-8-6-12(7-9-13)5-3-4-10-15/h6-9,11H,3-5,10H2,1-2H3/t11-/m0/s1. The van der Waals surface area contributed by atoms with Crippen LogP contribution in [0.25, 0.3) is 0 Å². The predicted octanol–water partition coefficient (Wildman–Crippen LogP) is 3.72. The number of esters is 1. The zero-order valence-corrected chi connectivity index (χ0v) is 12.6. The lowest BCUT2D eigenvalue weighted by atomic mass is 9.98. The van der Waals surface area contributed by atoms with E-state index in [-0.39, 0.29) is 11.9 Å². The molecule has 0 fully saturated rings. The summed E-state index contributed by atoms with van der Waals surface area (Å²) in [4.78, 5) is 11.4. The van der Waals surface area contributed by atoms with Crippen LogP contribution in [0.15, 0.2) is 24.3 Å². The van der Waals surface area contributed by atoms with Crippen LogP contribution in [0.5, 0.6) is 0 Å². The summed E-state index contributed by atoms with van der Waals surface area (Å²) < 4.78 is 5.95. The van der Waals surface area contributed by atoms with Crippen molar-refractivity contribution in [1.82, 2.24) is 0 Å². The molecule has 0 heterocycles. The molecular formula is C14H19IO2. The molecule has 0 amide bonds. The van der Waals surface area contributed by atoms with E-state index >= 15 is 0 Å². The molecule has 0 aliphatic heterocycles. The fourth-order valence-electron chi connectivity index (χ4n) is 1.71. The number of ether oxygens (including phenoxy) is 1. The number of benzene rings is 1. The highest BCUT2D eigenvalue weighted by molar-refractivity contribution is 14.1. The van der Waals surface area contributed by atoms with Gasteiger partial charge in [0.25, 0.3) is 0 Å². The van der Waals surface area contributed by atoms with E-state index < -0.39 is 0 Å². The zero-order valence-electron chi connectivity index (χ0n) is 10.4. The van der Waals surface area contributed by atoms with Crippen LogP contribution in [0, 0.1) is 0 Å². The fourth-order valence-corrected chi connectivity index (χ4v) is 2.25. The van der Waals surface area contributed by atoms with Crippen molar-refractivity contribution in [2.45, 2.75) is 32.1 Å². The Hall–Kier alpha value is -0.580. The molecule has 0 saturated carbocycles. The molecule has 0 saturated heterocycles. The lowest BCUT2D eigenvalue weighted by Crippen LogP contribution is -2.10. The molecule has 0 N–H and O–H groups in total. The van der Waals surface area contributed by atoms with E-state index in [1.807, 2.05) is 19.1 Å². The van der Waals surface area contributed by atoms with Crippen LogP contribution in [-0.2, 0) is 16.0 Å². The number of methoxy groups -OCH3 is 1. The minimum Gasteiger partial charge on any atom is -0.469 e. The van der Waals surface area contributed by atoms with Crippen LogP contribution < -0.4 is 0 Å². The molecule has 0 bridgehead atoms. The second-order valence-corrected chi connectivity index (χ2v) is 5.21. The average Bonchev–Trinajstić information content (AvgIpc) is 2.38. The van der Waals surface area contributed by atoms with Crippen molar-refractivity contribution in [3.63, 3.8) is 0 Å². The molecular weight excluding hydrogens is 327 g/mol. The summed E-state index contributed by atoms with van der Waals surface area (Å²) in [5.74, 6) is -0.356. The van der Waals surface area contributed by atoms with Gasteiger partial charge in [0.15, 0.2) is 0 Å². The van der Waals surface area contributed by atoms with Crippen molar-refractivity contribution >= 4 is 28.6 Å². The normalized spacial score (nSPS) is 12.2. The van der Waals surface area contributed by atoms with Gasteiger partial charge in [0.1, 0.15) is 0 Å². The highest BCUT2D eigenvalue weighted by atomic mass is 127. The third-order valence-corrected chi connectivity index (χ3v) is 3.65. The number of hydrogen-bond acceptors (Lipinski definition) is 2. The molecule has 2 nitrogen and oxygen atoms in total. The van der Waals surface area contributed by atoms with E-state index in [1.54, 1.807) is 0 Å². The summed E-state index contributed by atoms with van der Waals surface area (Å²) in [6, 6.07) is 8.28. The number of hydrogen-bond donors (Lipinski definition) is 0. The van der Waals surface area contributed by atoms with Crippen LogP contribution in [-0.4, -0.2) is 17.5 Å². The summed E-state index contributed by atoms with van der Waals surface area (Å²) in [5, 5.41) is 0. The summed E-state index contributed by atoms with van der Waals surface area (Å²) in [6.45, 7) is 1.87. The summed E-state index contributed by atoms with van der Waals surface area (Å²) in [5.41, 5.74) is 2.37. The molecule has 94 valence electrons. The van der Waals surface area contributed by atoms with Gasteiger partial charge in [-0.3, -0.25) is 4.79 Å². The van der Waals surface area contributed by atoms with Gasteiger partial charge in [-0.05, 0) is 41.7 Å². The molecule has 0 aromatic heterocycles. The zero-order chi connectivity index (χ0) is 12.7. The maximum Gasteiger partial charge on any atom is 0.312 e. The van der Waals surface area contributed by atoms with Gasteiger partial charge in [-0.15, -0.1) is 0 Å². The Bertz CT molecular complexity index is 346. The van der Waals surface area contributed by atoms with Gasteiger partial charge in [-0.25, -0.2) is 0 Å². The van der Waals surface area contributed by atoms with E-state index in [9.17, 15) is 4.79 Å². The first-order valence-electron chi connectivity index (χ1n) is 5.91. The van der Waals surface area contributed by atoms with E-state index in [0.717, 1.165) is 12.0 Å². The third-order valence-electron chi connectivity index (χ3n) is 2.88. The molecule has 17 heavy (non-hydrogen) atoms. The number of rotatable bonds is 6. The number of alkyl halides is 1. The molecule has 0 radical (unpaired) electrons. The quantitative estimate of drug-likeness (QED) is 0.340. The Kier molecular flexibility index (Phi) is 6.55. The van der Waals surface area contributed by atoms with Crippen molar-refractivity contribution in [2.75, 3.05) is 11.5 Å². The summed E-state index contributed by atoms with van der Waals surface area (Å²) in [7, 11) is 1.43. The number of carbonyl (C=O) groups excluding carboxylic acids is 1. The van der Waals surface area contributed by atoms with Crippen molar-refractivity contribution in [3.8, 4) is 0 Å². The van der Waals surface area contributed by atoms with Gasteiger partial charge in [0.2, 0.25) is 0 Å². The van der Waals surface area contributed by atoms with Gasteiger partial charge >= 0.3 is 5.97 Å². The van der Waals surface area contributed by atoms with Gasteiger partial charge in [-0.2, -0.15) is 0 Å². The number of halogens is 1. The Morgan fingerprint density at radius 1 is 1.29 bits per heavy atom. The van der Waals surface area contributed by atoms with Crippen LogP contribution in [0.4, 0.5) is 0 Å². The molecule has 3 heteroatoms. The van der Waals surface area contributed by atoms with Gasteiger partial charge < -0.3 is 4.74 Å². The molecule has 0 aliphatic rings. The minimum atomic E-state index is -0.178. The van der Waals surface area contributed by atoms with Crippen molar-refractivity contribution in [1.29, 1.82) is 0 Å². The first kappa shape index (κ1) is 14.5. The topological polar surface area (TPSA) is 26.3 Å². The van der Waals surface area contributed by atoms with Crippen LogP contribution >= 0.6 is 22.6 Å². The van der Waals surface area contributed by atoms with E-state index in [2.05, 4.69) is 34.7 Å². The van der Waals surface area contributed by atoms with Crippen LogP contribution in [0.1, 0.15) is 36.8 Å². The molecule has 0 spiro atoms. The van der Waals surface area contributed by atoms with Crippen LogP contribution in [0.2, 0.25) is 0 Å². The molecule has 0 unspecified atom stereocenters. The van der Waals surface area contributed by atoms with Crippen molar-refractivity contribution in [2.24, 2.45) is 0 Å². The number of unbranched alkanes of at least 4 members (excludes halogenated alkanes) is 1. The van der Waals surface area contributed by atoms with Gasteiger partial charge in [0, 0.05) is 0 Å². The lowest BCUT2D eigenvalue weighted by molar-refractivity contribution is -0.141. The Morgan fingerprint density at radius 2 is 1.94 bits per heavy atom. The number of carbonyl (C=O) groups is 1. The highest BCUT2D eigenvalue weighted by Crippen LogP contribution is 2.18. The summed E-state index contributed by atoms with van der Waals surface area (Å²) in [6.07, 6.45) is 3.62. The van der Waals surface area contributed by atoms with Gasteiger partial charge in [0.05, 0.1) is 13.0 Å². The fraction of sp³-hybridized carbons (Fsp3) is 0.500. The van der Waals surface area contributed by atoms with Crippen LogP contribution in [0.3, 0.4) is 0 Å². The second kappa shape index (κ2) is 7.69. The van der Waals surface area contributed by atoms with E-state index in [0.29, 0.717) is 0 Å². The predicted molar refractivity (Wildman–Crippen MR) is 78.7 cm³/mol. The minimum absolute atomic E-state index is 0.177. The van der Waals surface area contributed by atoms with Gasteiger partial charge in [-0.1, -0.05) is 46.9 Å². The monoisotopic (exact) mass is 346 g/mol. The maximum atomic E-state index is 11.4. The number of aryl methyl sites for hydroxylation is 1. The van der Waals surface area contributed by atoms with Crippen molar-refractivity contribution < 1.29 is 9.53 Å². The lowest BCUT2D eigenvalue weighted by Gasteiger charge is -2.10. The Labute approximate surface area is 117 Å². The smallest absolute Gasteiger partial charge is 0.312 e. The maximum absolute atomic E-state index is 11.4. The Morgan fingerprint density at radius 3 is 2.47 bits per heavy atom. The first-order valence-corrected chi connectivity index (χ1v) is 7.44. The largest absolute Gasteiger partial charge is 0.469 e. The molecule has 1 atom stereocenters. The average molecular weight is 346 g/mol. The van der Waals surface area contributed by atoms with E-state index in [1.165, 1.54) is 29.9 Å². The third kappa shape index (κ3) is 4.66.